The lowest BCUT2D eigenvalue weighted by Gasteiger charge is -2.19. The molecule has 0 amide bonds. The van der Waals surface area contributed by atoms with E-state index >= 15 is 0 Å². The van der Waals surface area contributed by atoms with Gasteiger partial charge in [0.05, 0.1) is 16.7 Å². The summed E-state index contributed by atoms with van der Waals surface area (Å²) in [5.41, 5.74) is 4.31. The van der Waals surface area contributed by atoms with E-state index in [1.165, 1.54) is 0 Å². The Bertz CT molecular complexity index is 815. The van der Waals surface area contributed by atoms with Crippen LogP contribution < -0.4 is 4.74 Å². The second-order valence-electron chi connectivity index (χ2n) is 6.16. The monoisotopic (exact) mass is 410 g/mol. The molecular formula is C21H24Cl2O2S. The van der Waals surface area contributed by atoms with E-state index in [1.54, 1.807) is 6.07 Å². The number of carbonyl (C=O) groups is 1. The highest BCUT2D eigenvalue weighted by molar-refractivity contribution is 8.14. The van der Waals surface area contributed by atoms with Crippen molar-refractivity contribution in [3.63, 3.8) is 0 Å². The van der Waals surface area contributed by atoms with Crippen molar-refractivity contribution in [3.05, 3.63) is 51.0 Å². The van der Waals surface area contributed by atoms with Crippen LogP contribution in [0.2, 0.25) is 10.0 Å². The first-order chi connectivity index (χ1) is 12.4. The molecule has 0 saturated heterocycles. The highest BCUT2D eigenvalue weighted by Gasteiger charge is 2.20. The molecule has 1 atom stereocenters. The Labute approximate surface area is 168 Å². The van der Waals surface area contributed by atoms with Crippen molar-refractivity contribution in [1.29, 1.82) is 0 Å². The molecule has 0 bridgehead atoms. The first-order valence-corrected chi connectivity index (χ1v) is 11.1. The molecule has 0 saturated carbocycles. The molecule has 140 valence electrons. The normalized spacial score (nSPS) is 12.2. The van der Waals surface area contributed by atoms with Crippen LogP contribution in [0.4, 0.5) is 0 Å². The number of rotatable bonds is 7. The number of hydrogen-bond donors (Lipinski definition) is 0. The largest absolute Gasteiger partial charge is 0.490 e. The van der Waals surface area contributed by atoms with E-state index < -0.39 is 0 Å². The molecule has 0 N–H and O–H groups in total. The molecule has 0 aliphatic heterocycles. The molecule has 0 fully saturated rings. The topological polar surface area (TPSA) is 26.3 Å². The molecule has 5 heteroatoms. The van der Waals surface area contributed by atoms with Crippen molar-refractivity contribution < 1.29 is 9.53 Å². The van der Waals surface area contributed by atoms with Gasteiger partial charge in [-0.2, -0.15) is 10.5 Å². The van der Waals surface area contributed by atoms with Crippen molar-refractivity contribution in [2.75, 3.05) is 18.6 Å². The van der Waals surface area contributed by atoms with Gasteiger partial charge in [-0.1, -0.05) is 46.8 Å². The van der Waals surface area contributed by atoms with Crippen LogP contribution in [-0.2, 0) is 0 Å². The average Bonchev–Trinajstić information content (AvgIpc) is 2.66. The Hall–Kier alpha value is -1.29. The fourth-order valence-corrected chi connectivity index (χ4v) is 4.19. The van der Waals surface area contributed by atoms with Gasteiger partial charge in [0.2, 0.25) is 0 Å². The fraction of sp³-hybridized carbons (Fsp3) is 0.333. The number of benzene rings is 2. The predicted molar refractivity (Wildman–Crippen MR) is 117 cm³/mol. The molecule has 2 rings (SSSR count). The maximum atomic E-state index is 11.1. The summed E-state index contributed by atoms with van der Waals surface area (Å²) in [5.74, 6) is 1.65. The highest BCUT2D eigenvalue weighted by Crippen LogP contribution is 2.44. The third-order valence-corrected chi connectivity index (χ3v) is 7.03. The summed E-state index contributed by atoms with van der Waals surface area (Å²) in [5, 5.41) is 3.28. The third kappa shape index (κ3) is 4.70. The first-order valence-electron chi connectivity index (χ1n) is 8.48. The summed E-state index contributed by atoms with van der Waals surface area (Å²) in [6.07, 6.45) is 4.01. The van der Waals surface area contributed by atoms with Gasteiger partial charge < -0.3 is 4.74 Å². The van der Waals surface area contributed by atoms with Crippen LogP contribution in [0.15, 0.2) is 24.3 Å². The van der Waals surface area contributed by atoms with Crippen LogP contribution in [0.5, 0.6) is 5.75 Å². The van der Waals surface area contributed by atoms with Gasteiger partial charge in [0, 0.05) is 5.56 Å². The van der Waals surface area contributed by atoms with Crippen LogP contribution in [-0.4, -0.2) is 30.3 Å². The molecule has 26 heavy (non-hydrogen) atoms. The lowest BCUT2D eigenvalue weighted by Crippen LogP contribution is -2.03. The summed E-state index contributed by atoms with van der Waals surface area (Å²) < 4.78 is 5.93. The van der Waals surface area contributed by atoms with Crippen molar-refractivity contribution in [1.82, 2.24) is 0 Å². The summed E-state index contributed by atoms with van der Waals surface area (Å²) in [6, 6.07) is 7.44. The van der Waals surface area contributed by atoms with Gasteiger partial charge in [0.25, 0.3) is 0 Å². The zero-order chi connectivity index (χ0) is 19.3. The van der Waals surface area contributed by atoms with Gasteiger partial charge in [0.1, 0.15) is 6.29 Å². The summed E-state index contributed by atoms with van der Waals surface area (Å²) >= 11 is 13.2. The van der Waals surface area contributed by atoms with E-state index in [2.05, 4.69) is 18.5 Å². The average molecular weight is 411 g/mol. The minimum Gasteiger partial charge on any atom is -0.490 e. The van der Waals surface area contributed by atoms with E-state index in [0.29, 0.717) is 38.4 Å². The van der Waals surface area contributed by atoms with Crippen molar-refractivity contribution in [2.24, 2.45) is 0 Å². The number of hydrogen-bond acceptors (Lipinski definition) is 2. The molecule has 0 spiro atoms. The number of aldehydes is 1. The van der Waals surface area contributed by atoms with Gasteiger partial charge in [-0.25, -0.2) is 0 Å². The van der Waals surface area contributed by atoms with Crippen LogP contribution in [0.25, 0.3) is 11.1 Å². The molecular weight excluding hydrogens is 387 g/mol. The maximum Gasteiger partial charge on any atom is 0.157 e. The van der Waals surface area contributed by atoms with Gasteiger partial charge in [-0.3, -0.25) is 4.79 Å². The molecule has 0 heterocycles. The standard InChI is InChI=1S/C21H24Cl2O2S/c1-5-26(4)11-7-10-25-21-19(22)14(2)18(15(3)20(21)23)17-9-6-8-16(12-17)13-24/h5-6,8-9,12-13H,7,10-11H2,1-4H3. The van der Waals surface area contributed by atoms with Gasteiger partial charge in [-0.05, 0) is 67.5 Å². The second kappa shape index (κ2) is 9.59. The second-order valence-corrected chi connectivity index (χ2v) is 9.18. The van der Waals surface area contributed by atoms with E-state index in [0.717, 1.165) is 40.7 Å². The highest BCUT2D eigenvalue weighted by atomic mass is 35.5. The van der Waals surface area contributed by atoms with Crippen LogP contribution in [0.1, 0.15) is 34.8 Å². The number of carbonyl (C=O) groups excluding carboxylic acids is 1. The zero-order valence-electron chi connectivity index (χ0n) is 15.6. The first kappa shape index (κ1) is 21.0. The molecule has 0 radical (unpaired) electrons. The molecule has 0 aliphatic rings. The lowest BCUT2D eigenvalue weighted by atomic mass is 9.94. The minimum absolute atomic E-state index is 0.314. The molecule has 0 aliphatic carbocycles. The Kier molecular flexibility index (Phi) is 7.75. The maximum absolute atomic E-state index is 11.1. The van der Waals surface area contributed by atoms with Crippen LogP contribution >= 0.6 is 33.7 Å². The number of ether oxygens (including phenoxy) is 1. The van der Waals surface area contributed by atoms with Gasteiger partial charge in [-0.15, -0.1) is 0 Å². The summed E-state index contributed by atoms with van der Waals surface area (Å²) in [7, 11) is 0.314. The Balaban J connectivity index is 2.35. The van der Waals surface area contributed by atoms with E-state index in [1.807, 2.05) is 32.0 Å². The molecule has 2 nitrogen and oxygen atoms in total. The summed E-state index contributed by atoms with van der Waals surface area (Å²) in [4.78, 5) is 11.1. The van der Waals surface area contributed by atoms with Crippen LogP contribution in [0.3, 0.4) is 0 Å². The van der Waals surface area contributed by atoms with Crippen molar-refractivity contribution in [3.8, 4) is 16.9 Å². The smallest absolute Gasteiger partial charge is 0.157 e. The SMILES string of the molecule is C/C=S(\C)CCCOc1c(Cl)c(C)c(-c2cccc(C=O)c2)c(C)c1Cl. The van der Waals surface area contributed by atoms with Crippen molar-refractivity contribution in [2.45, 2.75) is 27.2 Å². The quantitative estimate of drug-likeness (QED) is 0.292. The predicted octanol–water partition coefficient (Wildman–Crippen LogP) is 6.58. The van der Waals surface area contributed by atoms with Gasteiger partial charge in [0.15, 0.2) is 5.75 Å². The van der Waals surface area contributed by atoms with E-state index in [9.17, 15) is 4.79 Å². The van der Waals surface area contributed by atoms with Crippen molar-refractivity contribution >= 4 is 45.3 Å². The Morgan fingerprint density at radius 1 is 1.15 bits per heavy atom. The molecule has 2 aromatic rings. The Morgan fingerprint density at radius 2 is 1.81 bits per heavy atom. The summed E-state index contributed by atoms with van der Waals surface area (Å²) in [6.45, 7) is 6.58. The zero-order valence-corrected chi connectivity index (χ0v) is 17.9. The fourth-order valence-electron chi connectivity index (χ4n) is 2.84. The minimum atomic E-state index is 0.314. The molecule has 0 aromatic heterocycles. The van der Waals surface area contributed by atoms with E-state index in [4.69, 9.17) is 27.9 Å². The molecule has 1 unspecified atom stereocenters. The lowest BCUT2D eigenvalue weighted by molar-refractivity contribution is 0.112. The van der Waals surface area contributed by atoms with Crippen LogP contribution in [0, 0.1) is 13.8 Å². The number of halogens is 2. The Morgan fingerprint density at radius 3 is 2.38 bits per heavy atom. The van der Waals surface area contributed by atoms with Gasteiger partial charge >= 0.3 is 0 Å². The third-order valence-electron chi connectivity index (χ3n) is 4.38. The van der Waals surface area contributed by atoms with E-state index in [-0.39, 0.29) is 0 Å². The molecule has 2 aromatic carbocycles.